The maximum absolute atomic E-state index is 10.7. The summed E-state index contributed by atoms with van der Waals surface area (Å²) in [6.45, 7) is 0.946. The van der Waals surface area contributed by atoms with E-state index in [1.807, 2.05) is 0 Å². The van der Waals surface area contributed by atoms with Gasteiger partial charge < -0.3 is 15.2 Å². The van der Waals surface area contributed by atoms with E-state index in [1.165, 1.54) is 12.1 Å². The third-order valence-corrected chi connectivity index (χ3v) is 2.86. The summed E-state index contributed by atoms with van der Waals surface area (Å²) in [5, 5.41) is 23.5. The highest BCUT2D eigenvalue weighted by molar-refractivity contribution is 6.29. The second-order valence-corrected chi connectivity index (χ2v) is 4.56. The Bertz CT molecular complexity index is 462. The topological polar surface area (TPSA) is 97.5 Å². The minimum absolute atomic E-state index is 0.0290. The van der Waals surface area contributed by atoms with Crippen LogP contribution in [-0.2, 0) is 4.74 Å². The molecule has 1 aromatic heterocycles. The molecule has 1 aliphatic heterocycles. The van der Waals surface area contributed by atoms with Gasteiger partial charge in [-0.15, -0.1) is 0 Å². The molecule has 0 spiro atoms. The molecule has 1 fully saturated rings. The van der Waals surface area contributed by atoms with Crippen LogP contribution in [0.2, 0.25) is 5.15 Å². The third-order valence-electron chi connectivity index (χ3n) is 2.67. The summed E-state index contributed by atoms with van der Waals surface area (Å²) in [6.07, 6.45) is 0.517. The molecule has 0 aliphatic carbocycles. The monoisotopic (exact) mass is 273 g/mol. The van der Waals surface area contributed by atoms with Crippen molar-refractivity contribution in [3.8, 4) is 0 Å². The largest absolute Gasteiger partial charge is 0.386 e. The van der Waals surface area contributed by atoms with E-state index in [-0.39, 0.29) is 29.8 Å². The van der Waals surface area contributed by atoms with Gasteiger partial charge in [-0.1, -0.05) is 11.6 Å². The molecule has 0 radical (unpaired) electrons. The van der Waals surface area contributed by atoms with Gasteiger partial charge in [-0.25, -0.2) is 4.98 Å². The number of nitrogens with one attached hydrogen (secondary N) is 1. The number of hydrogen-bond acceptors (Lipinski definition) is 6. The van der Waals surface area contributed by atoms with Crippen molar-refractivity contribution in [3.63, 3.8) is 0 Å². The Labute approximate surface area is 108 Å². The molecule has 2 rings (SSSR count). The first-order valence-corrected chi connectivity index (χ1v) is 5.72. The van der Waals surface area contributed by atoms with Gasteiger partial charge in [-0.05, 0) is 0 Å². The summed E-state index contributed by atoms with van der Waals surface area (Å²) >= 11 is 5.68. The number of pyridine rings is 1. The molecule has 0 amide bonds. The Morgan fingerprint density at radius 1 is 1.67 bits per heavy atom. The predicted molar refractivity (Wildman–Crippen MR) is 64.8 cm³/mol. The van der Waals surface area contributed by atoms with Gasteiger partial charge in [0.25, 0.3) is 5.69 Å². The molecule has 0 aromatic carbocycles. The van der Waals surface area contributed by atoms with Crippen LogP contribution in [0.5, 0.6) is 0 Å². The van der Waals surface area contributed by atoms with Crippen LogP contribution in [0, 0.1) is 10.1 Å². The fourth-order valence-electron chi connectivity index (χ4n) is 1.67. The fourth-order valence-corrected chi connectivity index (χ4v) is 1.87. The van der Waals surface area contributed by atoms with E-state index in [2.05, 4.69) is 10.3 Å². The number of aromatic nitrogens is 1. The van der Waals surface area contributed by atoms with Crippen molar-refractivity contribution in [1.29, 1.82) is 0 Å². The second-order valence-electron chi connectivity index (χ2n) is 4.17. The molecule has 98 valence electrons. The SMILES string of the molecule is O=[N+]([O-])c1cc(Cl)nc(NCC2(O)CCOC2)c1. The second kappa shape index (κ2) is 5.05. The molecule has 0 saturated carbocycles. The number of rotatable bonds is 4. The van der Waals surface area contributed by atoms with Crippen molar-refractivity contribution in [3.05, 3.63) is 27.4 Å². The maximum atomic E-state index is 10.7. The minimum Gasteiger partial charge on any atom is -0.386 e. The molecule has 7 nitrogen and oxygen atoms in total. The van der Waals surface area contributed by atoms with E-state index < -0.39 is 10.5 Å². The molecule has 1 aromatic rings. The van der Waals surface area contributed by atoms with Crippen LogP contribution >= 0.6 is 11.6 Å². The normalized spacial score (nSPS) is 23.0. The number of halogens is 1. The first-order valence-electron chi connectivity index (χ1n) is 5.34. The summed E-state index contributed by atoms with van der Waals surface area (Å²) in [7, 11) is 0. The molecular weight excluding hydrogens is 262 g/mol. The Hall–Kier alpha value is -1.44. The van der Waals surface area contributed by atoms with E-state index in [1.54, 1.807) is 0 Å². The van der Waals surface area contributed by atoms with E-state index >= 15 is 0 Å². The number of hydrogen-bond donors (Lipinski definition) is 2. The highest BCUT2D eigenvalue weighted by Gasteiger charge is 2.32. The zero-order valence-electron chi connectivity index (χ0n) is 9.43. The van der Waals surface area contributed by atoms with E-state index in [0.717, 1.165) is 0 Å². The summed E-state index contributed by atoms with van der Waals surface area (Å²) in [4.78, 5) is 14.0. The highest BCUT2D eigenvalue weighted by atomic mass is 35.5. The van der Waals surface area contributed by atoms with E-state index in [4.69, 9.17) is 16.3 Å². The molecule has 1 atom stereocenters. The number of aliphatic hydroxyl groups is 1. The molecule has 0 bridgehead atoms. The van der Waals surface area contributed by atoms with Crippen molar-refractivity contribution in [2.45, 2.75) is 12.0 Å². The van der Waals surface area contributed by atoms with E-state index in [9.17, 15) is 15.2 Å². The Kier molecular flexibility index (Phi) is 3.65. The first kappa shape index (κ1) is 13.0. The Morgan fingerprint density at radius 3 is 3.06 bits per heavy atom. The maximum Gasteiger partial charge on any atom is 0.276 e. The van der Waals surface area contributed by atoms with Crippen molar-refractivity contribution in [2.75, 3.05) is 25.1 Å². The van der Waals surface area contributed by atoms with Crippen LogP contribution in [-0.4, -0.2) is 40.4 Å². The average molecular weight is 274 g/mol. The van der Waals surface area contributed by atoms with Gasteiger partial charge in [0.15, 0.2) is 0 Å². The van der Waals surface area contributed by atoms with Gasteiger partial charge in [0.2, 0.25) is 0 Å². The molecule has 2 N–H and O–H groups in total. The van der Waals surface area contributed by atoms with Gasteiger partial charge in [-0.3, -0.25) is 10.1 Å². The summed E-state index contributed by atoms with van der Waals surface area (Å²) < 4.78 is 5.09. The van der Waals surface area contributed by atoms with Gasteiger partial charge in [-0.2, -0.15) is 0 Å². The average Bonchev–Trinajstić information content (AvgIpc) is 2.73. The smallest absolute Gasteiger partial charge is 0.276 e. The van der Waals surface area contributed by atoms with Gasteiger partial charge in [0, 0.05) is 19.6 Å². The number of nitro groups is 1. The molecule has 1 unspecified atom stereocenters. The van der Waals surface area contributed by atoms with Crippen LogP contribution in [0.1, 0.15) is 6.42 Å². The predicted octanol–water partition coefficient (Wildman–Crippen LogP) is 1.21. The first-order chi connectivity index (χ1) is 8.48. The molecule has 8 heteroatoms. The zero-order chi connectivity index (χ0) is 13.2. The highest BCUT2D eigenvalue weighted by Crippen LogP contribution is 2.23. The molecular formula is C10H12ClN3O4. The van der Waals surface area contributed by atoms with Crippen molar-refractivity contribution >= 4 is 23.1 Å². The van der Waals surface area contributed by atoms with Crippen LogP contribution < -0.4 is 5.32 Å². The van der Waals surface area contributed by atoms with Crippen LogP contribution in [0.3, 0.4) is 0 Å². The Balaban J connectivity index is 2.07. The zero-order valence-corrected chi connectivity index (χ0v) is 10.2. The van der Waals surface area contributed by atoms with Crippen LogP contribution in [0.25, 0.3) is 0 Å². The standard InChI is InChI=1S/C10H12ClN3O4/c11-8-3-7(14(16)17)4-9(13-8)12-5-10(15)1-2-18-6-10/h3-4,15H,1-2,5-6H2,(H,12,13). The summed E-state index contributed by atoms with van der Waals surface area (Å²) in [5.41, 5.74) is -1.11. The van der Waals surface area contributed by atoms with Crippen molar-refractivity contribution in [1.82, 2.24) is 4.98 Å². The number of ether oxygens (including phenoxy) is 1. The molecule has 2 heterocycles. The summed E-state index contributed by atoms with van der Waals surface area (Å²) in [6, 6.07) is 2.44. The Morgan fingerprint density at radius 2 is 2.44 bits per heavy atom. The lowest BCUT2D eigenvalue weighted by Crippen LogP contribution is -2.37. The third kappa shape index (κ3) is 3.06. The van der Waals surface area contributed by atoms with E-state index in [0.29, 0.717) is 13.0 Å². The molecule has 1 aliphatic rings. The van der Waals surface area contributed by atoms with Gasteiger partial charge in [0.1, 0.15) is 16.6 Å². The quantitative estimate of drug-likeness (QED) is 0.486. The van der Waals surface area contributed by atoms with Crippen molar-refractivity contribution < 1.29 is 14.8 Å². The minimum atomic E-state index is -0.960. The van der Waals surface area contributed by atoms with Gasteiger partial charge in [0.05, 0.1) is 23.7 Å². The molecule has 18 heavy (non-hydrogen) atoms. The lowest BCUT2D eigenvalue weighted by Gasteiger charge is -2.20. The van der Waals surface area contributed by atoms with Gasteiger partial charge >= 0.3 is 0 Å². The van der Waals surface area contributed by atoms with Crippen molar-refractivity contribution in [2.24, 2.45) is 0 Å². The van der Waals surface area contributed by atoms with Crippen LogP contribution in [0.4, 0.5) is 11.5 Å². The number of nitrogens with zero attached hydrogens (tertiary/aromatic N) is 2. The lowest BCUT2D eigenvalue weighted by molar-refractivity contribution is -0.384. The fraction of sp³-hybridized carbons (Fsp3) is 0.500. The number of anilines is 1. The lowest BCUT2D eigenvalue weighted by atomic mass is 10.0. The van der Waals surface area contributed by atoms with Crippen LogP contribution in [0.15, 0.2) is 12.1 Å². The summed E-state index contributed by atoms with van der Waals surface area (Å²) in [5.74, 6) is 0.259. The molecule has 1 saturated heterocycles.